The van der Waals surface area contributed by atoms with Crippen LogP contribution in [0.25, 0.3) is 11.3 Å². The highest BCUT2D eigenvalue weighted by Crippen LogP contribution is 2.29. The minimum absolute atomic E-state index is 0.0861. The first-order valence-corrected chi connectivity index (χ1v) is 5.75. The maximum Gasteiger partial charge on any atom is 0.358 e. The zero-order valence-electron chi connectivity index (χ0n) is 9.32. The Morgan fingerprint density at radius 3 is 2.65 bits per heavy atom. The van der Waals surface area contributed by atoms with Gasteiger partial charge in [0.1, 0.15) is 0 Å². The number of carboxylic acid groups (broad SMARTS) is 1. The second-order valence-electron chi connectivity index (χ2n) is 3.78. The average molecular weight is 296 g/mol. The van der Waals surface area contributed by atoms with Crippen molar-refractivity contribution in [3.8, 4) is 11.3 Å². The highest BCUT2D eigenvalue weighted by atomic mass is 79.9. The Balaban J connectivity index is 2.56. The predicted molar refractivity (Wildman–Crippen MR) is 66.1 cm³/mol. The molecule has 0 saturated carbocycles. The molecule has 0 saturated heterocycles. The lowest BCUT2D eigenvalue weighted by Gasteiger charge is -2.06. The van der Waals surface area contributed by atoms with Crippen LogP contribution in [0.1, 0.15) is 21.6 Å². The number of hydrogen-bond donors (Lipinski definition) is 1. The van der Waals surface area contributed by atoms with Crippen LogP contribution in [0.2, 0.25) is 0 Å². The normalized spacial score (nSPS) is 10.5. The lowest BCUT2D eigenvalue weighted by molar-refractivity contribution is 0.0686. The Bertz CT molecular complexity index is 589. The molecule has 88 valence electrons. The number of aromatic carboxylic acids is 1. The molecule has 0 atom stereocenters. The molecule has 4 nitrogen and oxygen atoms in total. The quantitative estimate of drug-likeness (QED) is 0.922. The van der Waals surface area contributed by atoms with E-state index in [1.807, 2.05) is 26.0 Å². The van der Waals surface area contributed by atoms with Crippen LogP contribution in [-0.2, 0) is 0 Å². The smallest absolute Gasteiger partial charge is 0.358 e. The van der Waals surface area contributed by atoms with Crippen LogP contribution in [0.5, 0.6) is 0 Å². The minimum Gasteiger partial charge on any atom is -0.476 e. The van der Waals surface area contributed by atoms with E-state index in [9.17, 15) is 4.79 Å². The van der Waals surface area contributed by atoms with E-state index in [1.54, 1.807) is 0 Å². The van der Waals surface area contributed by atoms with Gasteiger partial charge in [-0.15, -0.1) is 0 Å². The zero-order valence-corrected chi connectivity index (χ0v) is 10.9. The molecule has 5 heteroatoms. The molecular weight excluding hydrogens is 286 g/mol. The molecule has 0 unspecified atom stereocenters. The number of carbonyl (C=O) groups is 1. The van der Waals surface area contributed by atoms with Crippen LogP contribution in [-0.4, -0.2) is 16.2 Å². The van der Waals surface area contributed by atoms with Crippen molar-refractivity contribution >= 4 is 21.9 Å². The van der Waals surface area contributed by atoms with E-state index in [4.69, 9.17) is 9.63 Å². The van der Waals surface area contributed by atoms with Crippen LogP contribution >= 0.6 is 15.9 Å². The Hall–Kier alpha value is -1.62. The van der Waals surface area contributed by atoms with Gasteiger partial charge in [0.05, 0.1) is 0 Å². The van der Waals surface area contributed by atoms with Gasteiger partial charge in [-0.1, -0.05) is 21.1 Å². The van der Waals surface area contributed by atoms with Crippen molar-refractivity contribution in [1.82, 2.24) is 5.16 Å². The van der Waals surface area contributed by atoms with Crippen molar-refractivity contribution in [2.45, 2.75) is 13.8 Å². The maximum absolute atomic E-state index is 10.7. The van der Waals surface area contributed by atoms with E-state index in [-0.39, 0.29) is 5.69 Å². The maximum atomic E-state index is 10.7. The van der Waals surface area contributed by atoms with Crippen molar-refractivity contribution in [3.05, 3.63) is 39.5 Å². The fourth-order valence-electron chi connectivity index (χ4n) is 1.57. The SMILES string of the molecule is Cc1cc(Br)cc(-c2cc(C(=O)O)no2)c1C. The molecule has 1 heterocycles. The van der Waals surface area contributed by atoms with Gasteiger partial charge in [-0.2, -0.15) is 0 Å². The van der Waals surface area contributed by atoms with E-state index >= 15 is 0 Å². The second kappa shape index (κ2) is 4.33. The van der Waals surface area contributed by atoms with Crippen LogP contribution < -0.4 is 0 Å². The standard InChI is InChI=1S/C12H10BrNO3/c1-6-3-8(13)4-9(7(6)2)11-5-10(12(15)16)14-17-11/h3-5H,1-2H3,(H,15,16). The third-order valence-corrected chi connectivity index (χ3v) is 3.08. The van der Waals surface area contributed by atoms with Gasteiger partial charge >= 0.3 is 5.97 Å². The average Bonchev–Trinajstić information content (AvgIpc) is 2.72. The monoisotopic (exact) mass is 295 g/mol. The Morgan fingerprint density at radius 1 is 1.35 bits per heavy atom. The van der Waals surface area contributed by atoms with Crippen molar-refractivity contribution in [1.29, 1.82) is 0 Å². The van der Waals surface area contributed by atoms with Gasteiger partial charge < -0.3 is 9.63 Å². The number of halogens is 1. The molecule has 1 aromatic heterocycles. The molecule has 0 aliphatic heterocycles. The first kappa shape index (κ1) is 11.9. The molecule has 0 radical (unpaired) electrons. The molecule has 1 aromatic carbocycles. The molecule has 1 N–H and O–H groups in total. The lowest BCUT2D eigenvalue weighted by atomic mass is 10.0. The Labute approximate surface area is 106 Å². The van der Waals surface area contributed by atoms with Gasteiger partial charge in [0.2, 0.25) is 0 Å². The van der Waals surface area contributed by atoms with Gasteiger partial charge in [-0.3, -0.25) is 0 Å². The topological polar surface area (TPSA) is 63.3 Å². The molecule has 17 heavy (non-hydrogen) atoms. The van der Waals surface area contributed by atoms with Crippen molar-refractivity contribution in [2.75, 3.05) is 0 Å². The third kappa shape index (κ3) is 2.24. The highest BCUT2D eigenvalue weighted by molar-refractivity contribution is 9.10. The number of aryl methyl sites for hydroxylation is 1. The summed E-state index contributed by atoms with van der Waals surface area (Å²) in [7, 11) is 0. The van der Waals surface area contributed by atoms with Gasteiger partial charge in [-0.05, 0) is 37.1 Å². The number of aromatic nitrogens is 1. The number of hydrogen-bond acceptors (Lipinski definition) is 3. The second-order valence-corrected chi connectivity index (χ2v) is 4.69. The molecule has 0 bridgehead atoms. The summed E-state index contributed by atoms with van der Waals surface area (Å²) in [5.41, 5.74) is 2.90. The first-order valence-electron chi connectivity index (χ1n) is 4.96. The summed E-state index contributed by atoms with van der Waals surface area (Å²) in [6, 6.07) is 5.30. The van der Waals surface area contributed by atoms with E-state index in [2.05, 4.69) is 21.1 Å². The zero-order chi connectivity index (χ0) is 12.6. The van der Waals surface area contributed by atoms with E-state index < -0.39 is 5.97 Å². The Morgan fingerprint density at radius 2 is 2.06 bits per heavy atom. The van der Waals surface area contributed by atoms with Crippen LogP contribution in [0.4, 0.5) is 0 Å². The summed E-state index contributed by atoms with van der Waals surface area (Å²) in [5, 5.41) is 12.3. The summed E-state index contributed by atoms with van der Waals surface area (Å²) in [6.45, 7) is 3.94. The van der Waals surface area contributed by atoms with Crippen molar-refractivity contribution in [3.63, 3.8) is 0 Å². The van der Waals surface area contributed by atoms with E-state index in [1.165, 1.54) is 6.07 Å². The third-order valence-electron chi connectivity index (χ3n) is 2.63. The van der Waals surface area contributed by atoms with Crippen LogP contribution in [0.15, 0.2) is 27.2 Å². The lowest BCUT2D eigenvalue weighted by Crippen LogP contribution is -1.94. The van der Waals surface area contributed by atoms with Gasteiger partial charge in [0.25, 0.3) is 0 Å². The molecule has 0 spiro atoms. The van der Waals surface area contributed by atoms with E-state index in [0.717, 1.165) is 21.2 Å². The number of nitrogens with zero attached hydrogens (tertiary/aromatic N) is 1. The molecule has 2 aromatic rings. The summed E-state index contributed by atoms with van der Waals surface area (Å²) >= 11 is 3.40. The van der Waals surface area contributed by atoms with Crippen LogP contribution in [0, 0.1) is 13.8 Å². The van der Waals surface area contributed by atoms with Crippen molar-refractivity contribution in [2.24, 2.45) is 0 Å². The molecule has 0 aliphatic rings. The van der Waals surface area contributed by atoms with Crippen molar-refractivity contribution < 1.29 is 14.4 Å². The van der Waals surface area contributed by atoms with Gasteiger partial charge in [-0.25, -0.2) is 4.79 Å². The largest absolute Gasteiger partial charge is 0.476 e. The molecule has 0 fully saturated rings. The summed E-state index contributed by atoms with van der Waals surface area (Å²) < 4.78 is 5.97. The summed E-state index contributed by atoms with van der Waals surface area (Å²) in [5.74, 6) is -0.631. The minimum atomic E-state index is -1.09. The fraction of sp³-hybridized carbons (Fsp3) is 0.167. The predicted octanol–water partition coefficient (Wildman–Crippen LogP) is 3.42. The molecule has 0 amide bonds. The summed E-state index contributed by atoms with van der Waals surface area (Å²) in [6.07, 6.45) is 0. The molecular formula is C12H10BrNO3. The van der Waals surface area contributed by atoms with E-state index in [0.29, 0.717) is 5.76 Å². The number of benzene rings is 1. The van der Waals surface area contributed by atoms with Crippen LogP contribution in [0.3, 0.4) is 0 Å². The highest BCUT2D eigenvalue weighted by Gasteiger charge is 2.14. The number of carboxylic acids is 1. The number of rotatable bonds is 2. The molecule has 0 aliphatic carbocycles. The van der Waals surface area contributed by atoms with Gasteiger partial charge in [0, 0.05) is 16.1 Å². The fourth-order valence-corrected chi connectivity index (χ4v) is 2.15. The molecule has 2 rings (SSSR count). The Kier molecular flexibility index (Phi) is 3.02. The summed E-state index contributed by atoms with van der Waals surface area (Å²) in [4.78, 5) is 10.7. The first-order chi connectivity index (χ1) is 7.99. The van der Waals surface area contributed by atoms with Gasteiger partial charge in [0.15, 0.2) is 11.5 Å².